The Morgan fingerprint density at radius 1 is 1.64 bits per heavy atom. The molecule has 0 aromatic carbocycles. The maximum absolute atomic E-state index is 10.3. The zero-order valence-corrected chi connectivity index (χ0v) is 6.34. The van der Waals surface area contributed by atoms with Crippen LogP contribution in [0.5, 0.6) is 0 Å². The lowest BCUT2D eigenvalue weighted by Crippen LogP contribution is -1.84. The highest BCUT2D eigenvalue weighted by Crippen LogP contribution is 2.32. The molecule has 0 amide bonds. The molecule has 1 aliphatic rings. The van der Waals surface area contributed by atoms with Crippen LogP contribution in [0.15, 0.2) is 12.3 Å². The van der Waals surface area contributed by atoms with Gasteiger partial charge in [0.25, 0.3) is 0 Å². The van der Waals surface area contributed by atoms with E-state index in [9.17, 15) is 4.79 Å². The second-order valence-electron chi connectivity index (χ2n) is 3.22. The second-order valence-corrected chi connectivity index (χ2v) is 3.22. The van der Waals surface area contributed by atoms with E-state index in [0.29, 0.717) is 0 Å². The standard InChI is InChI=1S/C9H11NO/c11-6-8-4-9(10-5-8)3-7-1-2-7/h4-7,10H,1-3H2. The van der Waals surface area contributed by atoms with Crippen molar-refractivity contribution in [1.82, 2.24) is 4.98 Å². The van der Waals surface area contributed by atoms with Crippen LogP contribution in [0.1, 0.15) is 28.9 Å². The van der Waals surface area contributed by atoms with Crippen molar-refractivity contribution in [1.29, 1.82) is 0 Å². The van der Waals surface area contributed by atoms with E-state index >= 15 is 0 Å². The summed E-state index contributed by atoms with van der Waals surface area (Å²) in [6.07, 6.45) is 6.48. The van der Waals surface area contributed by atoms with Crippen molar-refractivity contribution < 1.29 is 4.79 Å². The summed E-state index contributed by atoms with van der Waals surface area (Å²) in [4.78, 5) is 13.4. The van der Waals surface area contributed by atoms with Crippen molar-refractivity contribution in [3.63, 3.8) is 0 Å². The SMILES string of the molecule is O=Cc1c[nH]c(CC2CC2)c1. The van der Waals surface area contributed by atoms with Gasteiger partial charge in [0, 0.05) is 17.5 Å². The topological polar surface area (TPSA) is 32.9 Å². The number of hydrogen-bond acceptors (Lipinski definition) is 1. The first-order chi connectivity index (χ1) is 5.38. The van der Waals surface area contributed by atoms with Gasteiger partial charge in [-0.2, -0.15) is 0 Å². The summed E-state index contributed by atoms with van der Waals surface area (Å²) in [5, 5.41) is 0. The van der Waals surface area contributed by atoms with Gasteiger partial charge in [-0.15, -0.1) is 0 Å². The molecule has 1 fully saturated rings. The van der Waals surface area contributed by atoms with Gasteiger partial charge in [0.2, 0.25) is 0 Å². The van der Waals surface area contributed by atoms with Crippen molar-refractivity contribution in [3.05, 3.63) is 23.5 Å². The molecule has 0 bridgehead atoms. The quantitative estimate of drug-likeness (QED) is 0.653. The van der Waals surface area contributed by atoms with Crippen molar-refractivity contribution in [3.8, 4) is 0 Å². The molecule has 1 aromatic rings. The Morgan fingerprint density at radius 2 is 2.45 bits per heavy atom. The highest BCUT2D eigenvalue weighted by atomic mass is 16.1. The van der Waals surface area contributed by atoms with E-state index in [4.69, 9.17) is 0 Å². The van der Waals surface area contributed by atoms with Gasteiger partial charge >= 0.3 is 0 Å². The third-order valence-electron chi connectivity index (χ3n) is 2.11. The third-order valence-corrected chi connectivity index (χ3v) is 2.11. The molecule has 2 rings (SSSR count). The van der Waals surface area contributed by atoms with E-state index in [-0.39, 0.29) is 0 Å². The molecule has 2 heteroatoms. The smallest absolute Gasteiger partial charge is 0.151 e. The van der Waals surface area contributed by atoms with Gasteiger partial charge in [-0.3, -0.25) is 4.79 Å². The Morgan fingerprint density at radius 3 is 3.00 bits per heavy atom. The van der Waals surface area contributed by atoms with Crippen LogP contribution in [0.4, 0.5) is 0 Å². The van der Waals surface area contributed by atoms with Gasteiger partial charge in [-0.05, 0) is 31.2 Å². The van der Waals surface area contributed by atoms with E-state index < -0.39 is 0 Å². The van der Waals surface area contributed by atoms with Gasteiger partial charge in [-0.1, -0.05) is 0 Å². The summed E-state index contributed by atoms with van der Waals surface area (Å²) in [5.74, 6) is 0.883. The fourth-order valence-corrected chi connectivity index (χ4v) is 1.28. The Labute approximate surface area is 65.6 Å². The number of aldehydes is 1. The normalized spacial score (nSPS) is 16.7. The Bertz CT molecular complexity index is 260. The molecule has 0 spiro atoms. The van der Waals surface area contributed by atoms with E-state index in [1.165, 1.54) is 18.5 Å². The number of carbonyl (C=O) groups excluding carboxylic acids is 1. The summed E-state index contributed by atoms with van der Waals surface area (Å²) in [5.41, 5.74) is 1.97. The van der Waals surface area contributed by atoms with Crippen molar-refractivity contribution in [2.24, 2.45) is 5.92 Å². The predicted octanol–water partition coefficient (Wildman–Crippen LogP) is 1.78. The average Bonchev–Trinajstić information content (AvgIpc) is 2.68. The first-order valence-electron chi connectivity index (χ1n) is 4.01. The minimum atomic E-state index is 0.764. The number of H-pyrrole nitrogens is 1. The fraction of sp³-hybridized carbons (Fsp3) is 0.444. The van der Waals surface area contributed by atoms with Crippen LogP contribution >= 0.6 is 0 Å². The maximum Gasteiger partial charge on any atom is 0.151 e. The van der Waals surface area contributed by atoms with Crippen LogP contribution in [-0.4, -0.2) is 11.3 Å². The second kappa shape index (κ2) is 2.53. The highest BCUT2D eigenvalue weighted by Gasteiger charge is 2.21. The summed E-state index contributed by atoms with van der Waals surface area (Å²) >= 11 is 0. The van der Waals surface area contributed by atoms with E-state index in [2.05, 4.69) is 4.98 Å². The maximum atomic E-state index is 10.3. The van der Waals surface area contributed by atoms with Crippen molar-refractivity contribution >= 4 is 6.29 Å². The molecule has 0 radical (unpaired) electrons. The van der Waals surface area contributed by atoms with E-state index in [1.54, 1.807) is 6.20 Å². The first kappa shape index (κ1) is 6.65. The Kier molecular flexibility index (Phi) is 1.53. The van der Waals surface area contributed by atoms with Crippen LogP contribution in [0.25, 0.3) is 0 Å². The molecule has 1 aromatic heterocycles. The van der Waals surface area contributed by atoms with Crippen LogP contribution in [0.2, 0.25) is 0 Å². The molecule has 0 atom stereocenters. The molecule has 1 aliphatic carbocycles. The van der Waals surface area contributed by atoms with Gasteiger partial charge in [0.15, 0.2) is 6.29 Å². The predicted molar refractivity (Wildman–Crippen MR) is 42.6 cm³/mol. The zero-order valence-electron chi connectivity index (χ0n) is 6.34. The first-order valence-corrected chi connectivity index (χ1v) is 4.01. The van der Waals surface area contributed by atoms with Crippen LogP contribution in [0, 0.1) is 5.92 Å². The summed E-state index contributed by atoms with van der Waals surface area (Å²) in [7, 11) is 0. The summed E-state index contributed by atoms with van der Waals surface area (Å²) in [6.45, 7) is 0. The number of nitrogens with one attached hydrogen (secondary N) is 1. The molecule has 11 heavy (non-hydrogen) atoms. The Balaban J connectivity index is 2.05. The van der Waals surface area contributed by atoms with E-state index in [1.807, 2.05) is 6.07 Å². The molecule has 2 nitrogen and oxygen atoms in total. The summed E-state index contributed by atoms with van der Waals surface area (Å²) in [6, 6.07) is 1.94. The monoisotopic (exact) mass is 149 g/mol. The molecular formula is C9H11NO. The molecule has 1 N–H and O–H groups in total. The third kappa shape index (κ3) is 1.50. The number of aromatic nitrogens is 1. The molecular weight excluding hydrogens is 138 g/mol. The average molecular weight is 149 g/mol. The molecule has 0 saturated heterocycles. The lowest BCUT2D eigenvalue weighted by atomic mass is 10.2. The molecule has 1 heterocycles. The van der Waals surface area contributed by atoms with Gasteiger partial charge in [0.05, 0.1) is 0 Å². The van der Waals surface area contributed by atoms with Crippen molar-refractivity contribution in [2.45, 2.75) is 19.3 Å². The van der Waals surface area contributed by atoms with Gasteiger partial charge in [-0.25, -0.2) is 0 Å². The number of carbonyl (C=O) groups is 1. The number of hydrogen-bond donors (Lipinski definition) is 1. The zero-order chi connectivity index (χ0) is 7.68. The minimum absolute atomic E-state index is 0.764. The van der Waals surface area contributed by atoms with Gasteiger partial charge in [0.1, 0.15) is 0 Å². The molecule has 0 aliphatic heterocycles. The lowest BCUT2D eigenvalue weighted by molar-refractivity contribution is 0.112. The summed E-state index contributed by atoms with van der Waals surface area (Å²) < 4.78 is 0. The lowest BCUT2D eigenvalue weighted by Gasteiger charge is -1.90. The van der Waals surface area contributed by atoms with Crippen LogP contribution in [0.3, 0.4) is 0 Å². The van der Waals surface area contributed by atoms with Crippen LogP contribution < -0.4 is 0 Å². The van der Waals surface area contributed by atoms with Crippen LogP contribution in [-0.2, 0) is 6.42 Å². The highest BCUT2D eigenvalue weighted by molar-refractivity contribution is 5.74. The minimum Gasteiger partial charge on any atom is -0.364 e. The largest absolute Gasteiger partial charge is 0.364 e. The number of rotatable bonds is 3. The fourth-order valence-electron chi connectivity index (χ4n) is 1.28. The molecule has 58 valence electrons. The van der Waals surface area contributed by atoms with Crippen molar-refractivity contribution in [2.75, 3.05) is 0 Å². The molecule has 0 unspecified atom stereocenters. The Hall–Kier alpha value is -1.05. The molecule has 1 saturated carbocycles. The number of aromatic amines is 1. The van der Waals surface area contributed by atoms with E-state index in [0.717, 1.165) is 24.2 Å². The van der Waals surface area contributed by atoms with Gasteiger partial charge < -0.3 is 4.98 Å².